The molecule has 0 saturated heterocycles. The molecule has 1 aliphatic rings. The van der Waals surface area contributed by atoms with Crippen molar-refractivity contribution in [1.82, 2.24) is 14.8 Å². The van der Waals surface area contributed by atoms with E-state index < -0.39 is 23.9 Å². The first-order valence-corrected chi connectivity index (χ1v) is 12.9. The zero-order valence-electron chi connectivity index (χ0n) is 20.0. The minimum absolute atomic E-state index is 0.215. The molecule has 6 nitrogen and oxygen atoms in total. The number of carbonyl (C=O) groups excluding carboxylic acids is 1. The van der Waals surface area contributed by atoms with E-state index in [9.17, 15) is 18.0 Å². The van der Waals surface area contributed by atoms with Crippen molar-refractivity contribution < 1.29 is 22.7 Å². The van der Waals surface area contributed by atoms with Crippen LogP contribution in [0.15, 0.2) is 66.2 Å². The molecule has 2 heterocycles. The number of rotatable bonds is 9. The summed E-state index contributed by atoms with van der Waals surface area (Å²) in [6, 6.07) is 14.8. The molecule has 1 amide bonds. The zero-order valence-corrected chi connectivity index (χ0v) is 20.9. The average molecular weight is 527 g/mol. The lowest BCUT2D eigenvalue weighted by atomic mass is 10.1. The van der Waals surface area contributed by atoms with E-state index in [-0.39, 0.29) is 5.69 Å². The number of halogens is 3. The Morgan fingerprint density at radius 2 is 2.00 bits per heavy atom. The predicted octanol–water partition coefficient (Wildman–Crippen LogP) is 6.68. The van der Waals surface area contributed by atoms with E-state index in [1.165, 1.54) is 11.3 Å². The van der Waals surface area contributed by atoms with Crippen LogP contribution in [0.4, 0.5) is 18.9 Å². The molecule has 0 aliphatic heterocycles. The second-order valence-corrected chi connectivity index (χ2v) is 9.88. The summed E-state index contributed by atoms with van der Waals surface area (Å²) in [7, 11) is 0. The van der Waals surface area contributed by atoms with Gasteiger partial charge in [0.1, 0.15) is 16.8 Å². The van der Waals surface area contributed by atoms with E-state index in [2.05, 4.69) is 15.4 Å². The predicted molar refractivity (Wildman–Crippen MR) is 135 cm³/mol. The van der Waals surface area contributed by atoms with Crippen LogP contribution in [-0.4, -0.2) is 27.3 Å². The van der Waals surface area contributed by atoms with Gasteiger partial charge in [0.25, 0.3) is 5.91 Å². The second kappa shape index (κ2) is 10.5. The maximum absolute atomic E-state index is 13.5. The normalized spacial score (nSPS) is 14.5. The van der Waals surface area contributed by atoms with Crippen molar-refractivity contribution in [3.63, 3.8) is 0 Å². The Kier molecular flexibility index (Phi) is 7.12. The third kappa shape index (κ3) is 5.91. The fourth-order valence-corrected chi connectivity index (χ4v) is 4.66. The van der Waals surface area contributed by atoms with Crippen LogP contribution in [0.1, 0.15) is 58.2 Å². The molecule has 1 fully saturated rings. The van der Waals surface area contributed by atoms with E-state index in [4.69, 9.17) is 4.74 Å². The number of anilines is 1. The van der Waals surface area contributed by atoms with Crippen LogP contribution < -0.4 is 5.32 Å². The number of nitrogens with zero attached hydrogens (tertiary/aromatic N) is 3. The highest BCUT2D eigenvalue weighted by Gasteiger charge is 2.36. The lowest BCUT2D eigenvalue weighted by molar-refractivity contribution is -0.141. The third-order valence-electron chi connectivity index (χ3n) is 6.11. The van der Waals surface area contributed by atoms with Gasteiger partial charge in [-0.15, -0.1) is 11.3 Å². The Balaban J connectivity index is 1.44. The van der Waals surface area contributed by atoms with Crippen LogP contribution in [0.25, 0.3) is 5.69 Å². The first-order valence-electron chi connectivity index (χ1n) is 12.0. The van der Waals surface area contributed by atoms with Gasteiger partial charge in [-0.1, -0.05) is 31.2 Å². The number of ether oxygens (including phenoxy) is 1. The maximum Gasteiger partial charge on any atom is 0.435 e. The quantitative estimate of drug-likeness (QED) is 0.264. The summed E-state index contributed by atoms with van der Waals surface area (Å²) in [6.45, 7) is 2.56. The summed E-state index contributed by atoms with van der Waals surface area (Å²) in [5.74, 6) is -0.147. The molecule has 1 saturated carbocycles. The summed E-state index contributed by atoms with van der Waals surface area (Å²) < 4.78 is 47.8. The van der Waals surface area contributed by atoms with Gasteiger partial charge in [-0.05, 0) is 60.6 Å². The van der Waals surface area contributed by atoms with Crippen molar-refractivity contribution in [1.29, 1.82) is 0 Å². The van der Waals surface area contributed by atoms with Crippen LogP contribution in [0, 0.1) is 5.92 Å². The summed E-state index contributed by atoms with van der Waals surface area (Å²) in [5.41, 5.74) is 1.18. The Hall–Kier alpha value is -3.50. The second-order valence-electron chi connectivity index (χ2n) is 8.95. The molecule has 1 aliphatic carbocycles. The monoisotopic (exact) mass is 526 g/mol. The van der Waals surface area contributed by atoms with Gasteiger partial charge in [0, 0.05) is 23.3 Å². The summed E-state index contributed by atoms with van der Waals surface area (Å²) in [4.78, 5) is 17.7. The molecule has 0 radical (unpaired) electrons. The highest BCUT2D eigenvalue weighted by molar-refractivity contribution is 7.09. The molecule has 2 aromatic carbocycles. The van der Waals surface area contributed by atoms with Gasteiger partial charge < -0.3 is 10.1 Å². The van der Waals surface area contributed by atoms with Crippen molar-refractivity contribution >= 4 is 22.9 Å². The number of amides is 1. The summed E-state index contributed by atoms with van der Waals surface area (Å²) in [5, 5.41) is 9.14. The first-order chi connectivity index (χ1) is 17.8. The number of hydrogen-bond donors (Lipinski definition) is 1. The van der Waals surface area contributed by atoms with Crippen LogP contribution in [0.5, 0.6) is 0 Å². The van der Waals surface area contributed by atoms with E-state index in [0.29, 0.717) is 30.3 Å². The molecule has 4 aromatic rings. The molecular weight excluding hydrogens is 501 g/mol. The Labute approximate surface area is 216 Å². The van der Waals surface area contributed by atoms with E-state index in [1.807, 2.05) is 24.4 Å². The van der Waals surface area contributed by atoms with Crippen LogP contribution in [0.3, 0.4) is 0 Å². The fourth-order valence-electron chi connectivity index (χ4n) is 3.95. The van der Waals surface area contributed by atoms with Gasteiger partial charge in [-0.25, -0.2) is 9.67 Å². The topological polar surface area (TPSA) is 69.0 Å². The lowest BCUT2D eigenvalue weighted by Crippen LogP contribution is -2.17. The van der Waals surface area contributed by atoms with Crippen molar-refractivity contribution in [2.24, 2.45) is 5.92 Å². The average Bonchev–Trinajstić information content (AvgIpc) is 3.35. The molecule has 10 heteroatoms. The smallest absolute Gasteiger partial charge is 0.366 e. The van der Waals surface area contributed by atoms with Crippen LogP contribution in [0.2, 0.25) is 0 Å². The molecule has 5 rings (SSSR count). The van der Waals surface area contributed by atoms with Gasteiger partial charge in [0.15, 0.2) is 5.69 Å². The molecule has 37 heavy (non-hydrogen) atoms. The summed E-state index contributed by atoms with van der Waals surface area (Å²) >= 11 is 1.48. The minimum atomic E-state index is -4.69. The van der Waals surface area contributed by atoms with Gasteiger partial charge in [-0.3, -0.25) is 4.79 Å². The highest BCUT2D eigenvalue weighted by atomic mass is 32.1. The Morgan fingerprint density at radius 1 is 1.19 bits per heavy atom. The van der Waals surface area contributed by atoms with Gasteiger partial charge >= 0.3 is 6.18 Å². The SMILES string of the molecule is CCc1cccc(-n2nc(C(F)(F)F)cc2C(=O)Nc2cccc(C(OCC3CC3)c3nccs3)c2)c1. The van der Waals surface area contributed by atoms with Crippen LogP contribution in [-0.2, 0) is 17.3 Å². The van der Waals surface area contributed by atoms with E-state index in [0.717, 1.165) is 39.7 Å². The lowest BCUT2D eigenvalue weighted by Gasteiger charge is -2.17. The number of aryl methyl sites for hydroxylation is 1. The van der Waals surface area contributed by atoms with Crippen molar-refractivity contribution in [2.45, 2.75) is 38.5 Å². The molecule has 1 unspecified atom stereocenters. The van der Waals surface area contributed by atoms with Crippen molar-refractivity contribution in [2.75, 3.05) is 11.9 Å². The molecule has 192 valence electrons. The number of benzene rings is 2. The summed E-state index contributed by atoms with van der Waals surface area (Å²) in [6.07, 6.45) is -0.380. The fraction of sp³-hybridized carbons (Fsp3) is 0.296. The van der Waals surface area contributed by atoms with Crippen molar-refractivity contribution in [3.05, 3.63) is 93.7 Å². The number of aromatic nitrogens is 3. The first kappa shape index (κ1) is 25.2. The number of thiazole rings is 1. The number of nitrogens with one attached hydrogen (secondary N) is 1. The van der Waals surface area contributed by atoms with E-state index >= 15 is 0 Å². The van der Waals surface area contributed by atoms with Crippen molar-refractivity contribution in [3.8, 4) is 5.69 Å². The van der Waals surface area contributed by atoms with Gasteiger partial charge in [-0.2, -0.15) is 18.3 Å². The third-order valence-corrected chi connectivity index (χ3v) is 6.93. The Morgan fingerprint density at radius 3 is 2.70 bits per heavy atom. The molecule has 0 spiro atoms. The molecule has 0 bridgehead atoms. The zero-order chi connectivity index (χ0) is 26.0. The minimum Gasteiger partial charge on any atom is -0.366 e. The molecular formula is C27H25F3N4O2S. The Bertz CT molecular complexity index is 1380. The highest BCUT2D eigenvalue weighted by Crippen LogP contribution is 2.35. The number of hydrogen-bond acceptors (Lipinski definition) is 5. The number of carbonyl (C=O) groups is 1. The molecule has 1 atom stereocenters. The molecule has 2 aromatic heterocycles. The standard InChI is InChI=1S/C27H25F3N4O2S/c1-2-17-5-3-8-21(13-17)34-22(15-23(33-34)27(28,29)30)25(35)32-20-7-4-6-19(14-20)24(26-31-11-12-37-26)36-16-18-9-10-18/h3-8,11-15,18,24H,2,9-10,16H2,1H3,(H,32,35). The van der Waals surface area contributed by atoms with Gasteiger partial charge in [0.05, 0.1) is 12.3 Å². The van der Waals surface area contributed by atoms with Gasteiger partial charge in [0.2, 0.25) is 0 Å². The van der Waals surface area contributed by atoms with Crippen LogP contribution >= 0.6 is 11.3 Å². The van der Waals surface area contributed by atoms with E-state index in [1.54, 1.807) is 42.6 Å². The molecule has 1 N–H and O–H groups in total. The largest absolute Gasteiger partial charge is 0.435 e. The number of alkyl halides is 3. The maximum atomic E-state index is 13.5.